The number of hydrogen-bond acceptors (Lipinski definition) is 12. The SMILES string of the molecule is CC[C@H]1OC(=O)[C@H](C)C(=O)[C@@H](C)[C@@H](O[C@@H]2O[C@H](C)CC(N(C)C)[C@H]2O)[C@](C)(OC)C[C@@H](C)CN[C@H](C)[C@H]2N(CCCCCN=[N+]=[N-])C(=O)O[C@]12C. The molecule has 3 aliphatic rings. The molecule has 3 fully saturated rings. The summed E-state index contributed by atoms with van der Waals surface area (Å²) in [6.45, 7) is 16.1. The smallest absolute Gasteiger partial charge is 0.410 e. The standard InChI is InChI=1S/C36H64N6O9/c1-12-27-36(8)30(42(34(46)51-36)17-15-13-14-16-39-40-37)25(6)38-20-21(2)19-35(7,47-11)31(23(4)28(43)24(5)32(45)49-27)50-33-29(44)26(41(9)10)18-22(3)48-33/h21-27,29-31,33,38,44H,12-20H2,1-11H3/t21-,22-,23-,24-,25-,26?,27-,29-,30-,31-,33+,35-,36-/m1/s1. The Morgan fingerprint density at radius 1 is 1.12 bits per heavy atom. The fourth-order valence-corrected chi connectivity index (χ4v) is 8.35. The van der Waals surface area contributed by atoms with Crippen molar-refractivity contribution in [3.05, 3.63) is 10.4 Å². The van der Waals surface area contributed by atoms with Gasteiger partial charge in [-0.1, -0.05) is 32.3 Å². The molecule has 3 saturated heterocycles. The van der Waals surface area contributed by atoms with Gasteiger partial charge in [-0.3, -0.25) is 14.5 Å². The first kappa shape index (κ1) is 42.9. The molecule has 15 nitrogen and oxygen atoms in total. The maximum Gasteiger partial charge on any atom is 0.410 e. The highest BCUT2D eigenvalue weighted by atomic mass is 16.7. The third kappa shape index (κ3) is 9.92. The Morgan fingerprint density at radius 3 is 2.41 bits per heavy atom. The van der Waals surface area contributed by atoms with Gasteiger partial charge in [-0.05, 0) is 98.8 Å². The van der Waals surface area contributed by atoms with Gasteiger partial charge in [-0.25, -0.2) is 4.79 Å². The molecular weight excluding hydrogens is 660 g/mol. The van der Waals surface area contributed by atoms with Crippen molar-refractivity contribution in [3.63, 3.8) is 0 Å². The number of aliphatic hydroxyl groups is 1. The van der Waals surface area contributed by atoms with Crippen molar-refractivity contribution in [2.75, 3.05) is 40.8 Å². The number of ketones is 1. The summed E-state index contributed by atoms with van der Waals surface area (Å²) in [5.41, 5.74) is 6.35. The molecular formula is C36H64N6O9. The number of rotatable bonds is 11. The molecule has 0 aromatic rings. The van der Waals surface area contributed by atoms with Gasteiger partial charge in [0, 0.05) is 43.1 Å². The number of unbranched alkanes of at least 4 members (excludes halogenated alkanes) is 2. The molecule has 0 aromatic heterocycles. The molecule has 0 saturated carbocycles. The number of nitrogens with zero attached hydrogens (tertiary/aromatic N) is 5. The van der Waals surface area contributed by atoms with Crippen LogP contribution < -0.4 is 5.32 Å². The average molecular weight is 725 g/mol. The lowest BCUT2D eigenvalue weighted by Crippen LogP contribution is -2.61. The predicted octanol–water partition coefficient (Wildman–Crippen LogP) is 4.44. The largest absolute Gasteiger partial charge is 0.458 e. The van der Waals surface area contributed by atoms with Crippen LogP contribution in [0.1, 0.15) is 93.9 Å². The van der Waals surface area contributed by atoms with Crippen LogP contribution in [0.2, 0.25) is 0 Å². The van der Waals surface area contributed by atoms with Gasteiger partial charge in [-0.15, -0.1) is 0 Å². The lowest BCUT2D eigenvalue weighted by molar-refractivity contribution is -0.295. The second kappa shape index (κ2) is 18.5. The van der Waals surface area contributed by atoms with Crippen LogP contribution in [0.15, 0.2) is 5.11 Å². The van der Waals surface area contributed by atoms with Crippen molar-refractivity contribution in [2.24, 2.45) is 22.9 Å². The number of carbonyl (C=O) groups is 3. The van der Waals surface area contributed by atoms with E-state index in [4.69, 9.17) is 29.2 Å². The zero-order valence-electron chi connectivity index (χ0n) is 32.7. The second-order valence-electron chi connectivity index (χ2n) is 15.6. The lowest BCUT2D eigenvalue weighted by atomic mass is 9.78. The first-order valence-corrected chi connectivity index (χ1v) is 18.6. The van der Waals surface area contributed by atoms with E-state index >= 15 is 0 Å². The van der Waals surface area contributed by atoms with E-state index in [2.05, 4.69) is 22.3 Å². The van der Waals surface area contributed by atoms with Gasteiger partial charge in [0.25, 0.3) is 0 Å². The number of azide groups is 1. The second-order valence-corrected chi connectivity index (χ2v) is 15.6. The molecule has 0 radical (unpaired) electrons. The summed E-state index contributed by atoms with van der Waals surface area (Å²) in [7, 11) is 5.37. The summed E-state index contributed by atoms with van der Waals surface area (Å²) in [5, 5.41) is 18.6. The Bertz CT molecular complexity index is 1240. The van der Waals surface area contributed by atoms with Crippen molar-refractivity contribution in [1.29, 1.82) is 0 Å². The minimum Gasteiger partial charge on any atom is -0.458 e. The topological polar surface area (TPSA) is 185 Å². The Morgan fingerprint density at radius 2 is 1.80 bits per heavy atom. The number of aliphatic hydroxyl groups excluding tert-OH is 1. The molecule has 13 atom stereocenters. The fourth-order valence-electron chi connectivity index (χ4n) is 8.35. The number of Topliss-reactive ketones (excluding diaryl/α,β-unsaturated/α-hetero) is 1. The number of ether oxygens (including phenoxy) is 5. The summed E-state index contributed by atoms with van der Waals surface area (Å²) in [4.78, 5) is 48.0. The maximum atomic E-state index is 14.2. The van der Waals surface area contributed by atoms with Crippen LogP contribution in [0.25, 0.3) is 10.4 Å². The summed E-state index contributed by atoms with van der Waals surface area (Å²) < 4.78 is 31.2. The molecule has 3 rings (SSSR count). The van der Waals surface area contributed by atoms with Gasteiger partial charge < -0.3 is 39.0 Å². The van der Waals surface area contributed by atoms with E-state index in [0.717, 1.165) is 6.42 Å². The molecule has 3 aliphatic heterocycles. The monoisotopic (exact) mass is 724 g/mol. The van der Waals surface area contributed by atoms with Crippen LogP contribution in [-0.2, 0) is 33.3 Å². The summed E-state index contributed by atoms with van der Waals surface area (Å²) in [6, 6.07) is -1.000. The van der Waals surface area contributed by atoms with Crippen molar-refractivity contribution in [1.82, 2.24) is 15.1 Å². The number of likely N-dealkylation sites (N-methyl/N-ethyl adjacent to an activating group) is 1. The molecule has 0 spiro atoms. The van der Waals surface area contributed by atoms with Gasteiger partial charge in [0.1, 0.15) is 18.1 Å². The first-order chi connectivity index (χ1) is 23.9. The van der Waals surface area contributed by atoms with Crippen LogP contribution in [0, 0.1) is 17.8 Å². The summed E-state index contributed by atoms with van der Waals surface area (Å²) in [5.74, 6) is -3.14. The third-order valence-electron chi connectivity index (χ3n) is 11.3. The molecule has 2 N–H and O–H groups in total. The van der Waals surface area contributed by atoms with E-state index in [-0.39, 0.29) is 24.1 Å². The van der Waals surface area contributed by atoms with Gasteiger partial charge in [0.2, 0.25) is 0 Å². The number of carbonyl (C=O) groups excluding carboxylic acids is 3. The van der Waals surface area contributed by atoms with E-state index in [1.54, 1.807) is 25.9 Å². The van der Waals surface area contributed by atoms with Gasteiger partial charge >= 0.3 is 12.1 Å². The maximum absolute atomic E-state index is 14.2. The molecule has 51 heavy (non-hydrogen) atoms. The number of nitrogens with one attached hydrogen (secondary N) is 1. The molecule has 1 unspecified atom stereocenters. The van der Waals surface area contributed by atoms with Crippen LogP contribution in [0.5, 0.6) is 0 Å². The van der Waals surface area contributed by atoms with Crippen molar-refractivity contribution >= 4 is 17.8 Å². The summed E-state index contributed by atoms with van der Waals surface area (Å²) >= 11 is 0. The van der Waals surface area contributed by atoms with Gasteiger partial charge in [0.15, 0.2) is 17.7 Å². The number of amides is 1. The number of methoxy groups -OCH3 is 1. The van der Waals surface area contributed by atoms with Gasteiger partial charge in [0.05, 0.1) is 23.9 Å². The quantitative estimate of drug-likeness (QED) is 0.0767. The fraction of sp³-hybridized carbons (Fsp3) is 0.917. The molecule has 0 aliphatic carbocycles. The molecule has 0 bridgehead atoms. The Hall–Kier alpha value is -2.52. The molecule has 1 amide bonds. The molecule has 15 heteroatoms. The van der Waals surface area contributed by atoms with E-state index in [0.29, 0.717) is 51.7 Å². The Kier molecular flexibility index (Phi) is 15.6. The van der Waals surface area contributed by atoms with Crippen molar-refractivity contribution in [3.8, 4) is 0 Å². The highest BCUT2D eigenvalue weighted by Crippen LogP contribution is 2.40. The van der Waals surface area contributed by atoms with Crippen LogP contribution >= 0.6 is 0 Å². The lowest BCUT2D eigenvalue weighted by Gasteiger charge is -2.46. The number of hydrogen-bond donors (Lipinski definition) is 2. The van der Waals surface area contributed by atoms with E-state index in [1.807, 2.05) is 46.7 Å². The third-order valence-corrected chi connectivity index (χ3v) is 11.3. The highest BCUT2D eigenvalue weighted by Gasteiger charge is 2.58. The van der Waals surface area contributed by atoms with Gasteiger partial charge in [-0.2, -0.15) is 0 Å². The Balaban J connectivity index is 2.00. The summed E-state index contributed by atoms with van der Waals surface area (Å²) in [6.07, 6.45) is -0.885. The molecule has 0 aromatic carbocycles. The van der Waals surface area contributed by atoms with Crippen molar-refractivity contribution < 1.29 is 43.2 Å². The highest BCUT2D eigenvalue weighted by molar-refractivity contribution is 6.00. The van der Waals surface area contributed by atoms with Crippen LogP contribution in [0.4, 0.5) is 4.79 Å². The first-order valence-electron chi connectivity index (χ1n) is 18.6. The van der Waals surface area contributed by atoms with E-state index in [9.17, 15) is 19.5 Å². The minimum atomic E-state index is -1.21. The average Bonchev–Trinajstić information content (AvgIpc) is 3.34. The zero-order chi connectivity index (χ0) is 38.3. The van der Waals surface area contributed by atoms with E-state index < -0.39 is 71.5 Å². The zero-order valence-corrected chi connectivity index (χ0v) is 32.7. The number of cyclic esters (lactones) is 1. The molecule has 292 valence electrons. The predicted molar refractivity (Wildman–Crippen MR) is 191 cm³/mol. The number of esters is 1. The normalized spacial score (nSPS) is 40.1. The van der Waals surface area contributed by atoms with Crippen LogP contribution in [-0.4, -0.2) is 134 Å². The Labute approximate surface area is 304 Å². The minimum absolute atomic E-state index is 0.00253. The van der Waals surface area contributed by atoms with E-state index in [1.165, 1.54) is 6.92 Å². The van der Waals surface area contributed by atoms with Crippen LogP contribution in [0.3, 0.4) is 0 Å². The molecule has 3 heterocycles. The van der Waals surface area contributed by atoms with Crippen molar-refractivity contribution in [2.45, 2.75) is 154 Å². The number of fused-ring (bicyclic) bond motifs is 1.